The van der Waals surface area contributed by atoms with Crippen LogP contribution in [0.1, 0.15) is 5.56 Å². The number of benzene rings is 1. The molecular formula is C12H8Cl2N2O2. The highest BCUT2D eigenvalue weighted by Gasteiger charge is 2.08. The van der Waals surface area contributed by atoms with E-state index in [-0.39, 0.29) is 0 Å². The Bertz CT molecular complexity index is 620. The minimum absolute atomic E-state index is 0.460. The van der Waals surface area contributed by atoms with E-state index in [9.17, 15) is 4.79 Å². The number of aliphatic carboxylic acids is 1. The summed E-state index contributed by atoms with van der Waals surface area (Å²) in [5.74, 6) is -1.03. The van der Waals surface area contributed by atoms with Crippen LogP contribution in [0.3, 0.4) is 0 Å². The summed E-state index contributed by atoms with van der Waals surface area (Å²) < 4.78 is 1.51. The molecule has 92 valence electrons. The maximum Gasteiger partial charge on any atom is 0.328 e. The molecule has 1 aromatic carbocycles. The predicted octanol–water partition coefficient (Wildman–Crippen LogP) is 3.28. The topological polar surface area (TPSA) is 55.1 Å². The van der Waals surface area contributed by atoms with Gasteiger partial charge in [-0.25, -0.2) is 9.48 Å². The molecule has 1 N–H and O–H groups in total. The number of aromatic nitrogens is 2. The van der Waals surface area contributed by atoms with Crippen LogP contribution in [0, 0.1) is 0 Å². The number of hydrogen-bond acceptors (Lipinski definition) is 2. The van der Waals surface area contributed by atoms with Crippen LogP contribution in [0.5, 0.6) is 0 Å². The quantitative estimate of drug-likeness (QED) is 0.879. The van der Waals surface area contributed by atoms with Crippen LogP contribution in [0.4, 0.5) is 0 Å². The molecule has 4 nitrogen and oxygen atoms in total. The van der Waals surface area contributed by atoms with Crippen LogP contribution in [0.2, 0.25) is 10.0 Å². The standard InChI is InChI=1S/C12H8Cl2N2O2/c13-9-6-15-16(7-9)12-8(4-5-11(17)18)2-1-3-10(12)14/h1-7H,(H,17,18)/b5-4+. The number of nitrogens with zero attached hydrogens (tertiary/aromatic N) is 2. The lowest BCUT2D eigenvalue weighted by atomic mass is 10.1. The predicted molar refractivity (Wildman–Crippen MR) is 70.3 cm³/mol. The van der Waals surface area contributed by atoms with Crippen molar-refractivity contribution in [2.75, 3.05) is 0 Å². The summed E-state index contributed by atoms with van der Waals surface area (Å²) in [6.45, 7) is 0. The molecular weight excluding hydrogens is 275 g/mol. The third kappa shape index (κ3) is 2.72. The molecule has 0 unspecified atom stereocenters. The Morgan fingerprint density at radius 3 is 2.78 bits per heavy atom. The molecule has 2 aromatic rings. The minimum atomic E-state index is -1.03. The summed E-state index contributed by atoms with van der Waals surface area (Å²) in [6, 6.07) is 5.18. The van der Waals surface area contributed by atoms with Gasteiger partial charge in [0.05, 0.1) is 21.9 Å². The van der Waals surface area contributed by atoms with Crippen molar-refractivity contribution >= 4 is 35.2 Å². The maximum absolute atomic E-state index is 10.5. The molecule has 0 aliphatic rings. The number of carboxylic acids is 1. The van der Waals surface area contributed by atoms with Crippen molar-refractivity contribution in [3.05, 3.63) is 52.3 Å². The minimum Gasteiger partial charge on any atom is -0.478 e. The van der Waals surface area contributed by atoms with Gasteiger partial charge in [-0.2, -0.15) is 5.10 Å². The van der Waals surface area contributed by atoms with Crippen molar-refractivity contribution in [1.29, 1.82) is 0 Å². The molecule has 0 aliphatic heterocycles. The van der Waals surface area contributed by atoms with E-state index in [1.807, 2.05) is 0 Å². The average molecular weight is 283 g/mol. The summed E-state index contributed by atoms with van der Waals surface area (Å²) in [7, 11) is 0. The molecule has 0 radical (unpaired) electrons. The molecule has 1 heterocycles. The normalized spacial score (nSPS) is 11.0. The highest BCUT2D eigenvalue weighted by molar-refractivity contribution is 6.33. The van der Waals surface area contributed by atoms with E-state index < -0.39 is 5.97 Å². The van der Waals surface area contributed by atoms with Crippen LogP contribution in [0.15, 0.2) is 36.7 Å². The van der Waals surface area contributed by atoms with E-state index in [1.54, 1.807) is 24.4 Å². The summed E-state index contributed by atoms with van der Waals surface area (Å²) >= 11 is 11.9. The van der Waals surface area contributed by atoms with Crippen molar-refractivity contribution in [2.24, 2.45) is 0 Å². The summed E-state index contributed by atoms with van der Waals surface area (Å²) in [6.07, 6.45) is 5.58. The van der Waals surface area contributed by atoms with E-state index in [1.165, 1.54) is 17.0 Å². The van der Waals surface area contributed by atoms with Gasteiger partial charge in [0.15, 0.2) is 0 Å². The van der Waals surface area contributed by atoms with Crippen LogP contribution in [-0.2, 0) is 4.79 Å². The van der Waals surface area contributed by atoms with Gasteiger partial charge in [-0.05, 0) is 12.1 Å². The van der Waals surface area contributed by atoms with Crippen LogP contribution in [-0.4, -0.2) is 20.9 Å². The third-order valence-corrected chi connectivity index (χ3v) is 2.70. The summed E-state index contributed by atoms with van der Waals surface area (Å²) in [4.78, 5) is 10.5. The van der Waals surface area contributed by atoms with Gasteiger partial charge in [-0.3, -0.25) is 0 Å². The average Bonchev–Trinajstić information content (AvgIpc) is 2.72. The van der Waals surface area contributed by atoms with Crippen LogP contribution < -0.4 is 0 Å². The Morgan fingerprint density at radius 2 is 2.17 bits per heavy atom. The summed E-state index contributed by atoms with van der Waals surface area (Å²) in [5, 5.41) is 13.6. The molecule has 0 spiro atoms. The Labute approximate surface area is 113 Å². The molecule has 18 heavy (non-hydrogen) atoms. The Morgan fingerprint density at radius 1 is 1.39 bits per heavy atom. The first-order chi connectivity index (χ1) is 8.58. The second-order valence-electron chi connectivity index (χ2n) is 3.45. The molecule has 0 bridgehead atoms. The largest absolute Gasteiger partial charge is 0.478 e. The van der Waals surface area contributed by atoms with E-state index >= 15 is 0 Å². The lowest BCUT2D eigenvalue weighted by molar-refractivity contribution is -0.131. The Balaban J connectivity index is 2.54. The SMILES string of the molecule is O=C(O)/C=C/c1cccc(Cl)c1-n1cc(Cl)cn1. The first-order valence-electron chi connectivity index (χ1n) is 4.98. The van der Waals surface area contributed by atoms with Crippen LogP contribution >= 0.6 is 23.2 Å². The van der Waals surface area contributed by atoms with E-state index in [4.69, 9.17) is 28.3 Å². The number of rotatable bonds is 3. The zero-order chi connectivity index (χ0) is 13.1. The monoisotopic (exact) mass is 282 g/mol. The fraction of sp³-hybridized carbons (Fsp3) is 0. The van der Waals surface area contributed by atoms with Crippen molar-refractivity contribution in [3.8, 4) is 5.69 Å². The third-order valence-electron chi connectivity index (χ3n) is 2.20. The fourth-order valence-electron chi connectivity index (χ4n) is 1.49. The molecule has 0 fully saturated rings. The molecule has 6 heteroatoms. The maximum atomic E-state index is 10.5. The van der Waals surface area contributed by atoms with Gasteiger partial charge in [-0.1, -0.05) is 35.3 Å². The molecule has 2 rings (SSSR count). The second-order valence-corrected chi connectivity index (χ2v) is 4.30. The van der Waals surface area contributed by atoms with Crippen molar-refractivity contribution in [3.63, 3.8) is 0 Å². The second kappa shape index (κ2) is 5.25. The first-order valence-corrected chi connectivity index (χ1v) is 5.73. The Hall–Kier alpha value is -1.78. The molecule has 0 aliphatic carbocycles. The van der Waals surface area contributed by atoms with Gasteiger partial charge < -0.3 is 5.11 Å². The Kier molecular flexibility index (Phi) is 3.69. The number of hydrogen-bond donors (Lipinski definition) is 1. The van der Waals surface area contributed by atoms with Crippen molar-refractivity contribution in [2.45, 2.75) is 0 Å². The van der Waals surface area contributed by atoms with E-state index in [0.29, 0.717) is 21.3 Å². The number of para-hydroxylation sites is 1. The number of carboxylic acid groups (broad SMARTS) is 1. The van der Waals surface area contributed by atoms with E-state index in [0.717, 1.165) is 6.08 Å². The van der Waals surface area contributed by atoms with E-state index in [2.05, 4.69) is 5.10 Å². The van der Waals surface area contributed by atoms with Crippen LogP contribution in [0.25, 0.3) is 11.8 Å². The highest BCUT2D eigenvalue weighted by atomic mass is 35.5. The molecule has 0 atom stereocenters. The van der Waals surface area contributed by atoms with Gasteiger partial charge >= 0.3 is 5.97 Å². The molecule has 0 amide bonds. The van der Waals surface area contributed by atoms with Gasteiger partial charge in [0, 0.05) is 17.8 Å². The lowest BCUT2D eigenvalue weighted by Gasteiger charge is -2.08. The number of carbonyl (C=O) groups is 1. The smallest absolute Gasteiger partial charge is 0.328 e. The highest BCUT2D eigenvalue weighted by Crippen LogP contribution is 2.26. The summed E-state index contributed by atoms with van der Waals surface area (Å²) in [5.41, 5.74) is 1.23. The molecule has 0 saturated carbocycles. The van der Waals surface area contributed by atoms with Gasteiger partial charge in [0.1, 0.15) is 0 Å². The van der Waals surface area contributed by atoms with Gasteiger partial charge in [0.2, 0.25) is 0 Å². The zero-order valence-electron chi connectivity index (χ0n) is 9.05. The fourth-order valence-corrected chi connectivity index (χ4v) is 1.90. The van der Waals surface area contributed by atoms with Crippen molar-refractivity contribution < 1.29 is 9.90 Å². The molecule has 1 aromatic heterocycles. The van der Waals surface area contributed by atoms with Crippen molar-refractivity contribution in [1.82, 2.24) is 9.78 Å². The zero-order valence-corrected chi connectivity index (χ0v) is 10.6. The first kappa shape index (κ1) is 12.7. The van der Waals surface area contributed by atoms with Gasteiger partial charge in [0.25, 0.3) is 0 Å². The number of halogens is 2. The lowest BCUT2D eigenvalue weighted by Crippen LogP contribution is -1.98. The molecule has 0 saturated heterocycles. The van der Waals surface area contributed by atoms with Gasteiger partial charge in [-0.15, -0.1) is 0 Å².